The summed E-state index contributed by atoms with van der Waals surface area (Å²) >= 11 is 2.88. The Hall–Kier alpha value is -0.680. The van der Waals surface area contributed by atoms with Crippen LogP contribution >= 0.6 is 15.9 Å². The van der Waals surface area contributed by atoms with Crippen LogP contribution in [0.15, 0.2) is 10.5 Å². The molecule has 0 aliphatic rings. The van der Waals surface area contributed by atoms with Gasteiger partial charge in [-0.15, -0.1) is 0 Å². The molecule has 2 N–H and O–H groups in total. The maximum absolute atomic E-state index is 13.0. The van der Waals surface area contributed by atoms with E-state index in [0.717, 1.165) is 0 Å². The molecule has 0 spiro atoms. The maximum Gasteiger partial charge on any atom is 0.201 e. The molecule has 0 saturated carbocycles. The molecule has 0 aliphatic carbocycles. The van der Waals surface area contributed by atoms with Gasteiger partial charge in [-0.1, -0.05) is 0 Å². The van der Waals surface area contributed by atoms with Gasteiger partial charge in [0, 0.05) is 0 Å². The molecule has 0 aromatic heterocycles. The third kappa shape index (κ3) is 2.22. The number of likely N-dealkylation sites (N-methyl/N-ethyl adjacent to an activating group) is 1. The van der Waals surface area contributed by atoms with Crippen molar-refractivity contribution in [1.82, 2.24) is 5.32 Å². The highest BCUT2D eigenvalue weighted by Gasteiger charge is 2.15. The first-order chi connectivity index (χ1) is 6.57. The van der Waals surface area contributed by atoms with E-state index in [4.69, 9.17) is 0 Å². The molecular weight excluding hydrogens is 256 g/mol. The lowest BCUT2D eigenvalue weighted by Crippen LogP contribution is -2.10. The van der Waals surface area contributed by atoms with Crippen LogP contribution in [-0.2, 0) is 6.42 Å². The third-order valence-corrected chi connectivity index (χ3v) is 2.44. The second kappa shape index (κ2) is 4.70. The zero-order valence-corrected chi connectivity index (χ0v) is 9.16. The Morgan fingerprint density at radius 2 is 2.07 bits per heavy atom. The molecule has 78 valence electrons. The Bertz CT molecular complexity index is 344. The first-order valence-electron chi connectivity index (χ1n) is 4.08. The molecule has 0 saturated heterocycles. The highest BCUT2D eigenvalue weighted by Crippen LogP contribution is 2.29. The molecule has 5 heteroatoms. The third-order valence-electron chi connectivity index (χ3n) is 1.86. The highest BCUT2D eigenvalue weighted by atomic mass is 79.9. The van der Waals surface area contributed by atoms with Gasteiger partial charge >= 0.3 is 0 Å². The van der Waals surface area contributed by atoms with Crippen molar-refractivity contribution in [2.24, 2.45) is 0 Å². The lowest BCUT2D eigenvalue weighted by Gasteiger charge is -2.07. The predicted octanol–water partition coefficient (Wildman–Crippen LogP) is 2.19. The lowest BCUT2D eigenvalue weighted by atomic mass is 10.1. The van der Waals surface area contributed by atoms with E-state index in [0.29, 0.717) is 18.5 Å². The average Bonchev–Trinajstić information content (AvgIpc) is 2.18. The first kappa shape index (κ1) is 11.4. The summed E-state index contributed by atoms with van der Waals surface area (Å²) in [6, 6.07) is 1.38. The van der Waals surface area contributed by atoms with E-state index < -0.39 is 17.4 Å². The summed E-state index contributed by atoms with van der Waals surface area (Å²) in [7, 11) is 1.74. The van der Waals surface area contributed by atoms with Gasteiger partial charge in [-0.05, 0) is 47.6 Å². The van der Waals surface area contributed by atoms with E-state index in [1.54, 1.807) is 7.05 Å². The number of phenolic OH excluding ortho intramolecular Hbond substituents is 1. The van der Waals surface area contributed by atoms with Crippen LogP contribution in [0.25, 0.3) is 0 Å². The molecule has 14 heavy (non-hydrogen) atoms. The molecule has 0 radical (unpaired) electrons. The topological polar surface area (TPSA) is 32.3 Å². The Morgan fingerprint density at radius 3 is 2.64 bits per heavy atom. The van der Waals surface area contributed by atoms with Crippen molar-refractivity contribution in [1.29, 1.82) is 0 Å². The smallest absolute Gasteiger partial charge is 0.201 e. The minimum absolute atomic E-state index is 0.0268. The molecule has 2 nitrogen and oxygen atoms in total. The summed E-state index contributed by atoms with van der Waals surface area (Å²) in [6.07, 6.45) is 0.443. The minimum Gasteiger partial charge on any atom is -0.505 e. The number of phenols is 1. The number of halogens is 3. The van der Waals surface area contributed by atoms with Gasteiger partial charge in [0.25, 0.3) is 0 Å². The normalized spacial score (nSPS) is 10.6. The second-order valence-corrected chi connectivity index (χ2v) is 3.70. The fourth-order valence-corrected chi connectivity index (χ4v) is 1.54. The fourth-order valence-electron chi connectivity index (χ4n) is 1.08. The van der Waals surface area contributed by atoms with Gasteiger partial charge in [0.15, 0.2) is 11.6 Å². The summed E-state index contributed by atoms with van der Waals surface area (Å²) in [4.78, 5) is 0. The number of hydrogen-bond donors (Lipinski definition) is 2. The second-order valence-electron chi connectivity index (χ2n) is 2.85. The Morgan fingerprint density at radius 1 is 1.43 bits per heavy atom. The summed E-state index contributed by atoms with van der Waals surface area (Å²) < 4.78 is 25.9. The van der Waals surface area contributed by atoms with Crippen molar-refractivity contribution in [3.63, 3.8) is 0 Å². The van der Waals surface area contributed by atoms with Gasteiger partial charge in [-0.25, -0.2) is 4.39 Å². The van der Waals surface area contributed by atoms with Crippen LogP contribution < -0.4 is 5.32 Å². The van der Waals surface area contributed by atoms with E-state index in [1.165, 1.54) is 6.07 Å². The number of aromatic hydroxyl groups is 1. The van der Waals surface area contributed by atoms with Crippen LogP contribution in [0.4, 0.5) is 8.78 Å². The van der Waals surface area contributed by atoms with Gasteiger partial charge in [0.2, 0.25) is 5.82 Å². The summed E-state index contributed by atoms with van der Waals surface area (Å²) in [5.74, 6) is -2.87. The number of rotatable bonds is 3. The van der Waals surface area contributed by atoms with E-state index in [2.05, 4.69) is 21.2 Å². The molecule has 0 bridgehead atoms. The van der Waals surface area contributed by atoms with Gasteiger partial charge in [0.05, 0.1) is 4.47 Å². The SMILES string of the molecule is CNCCc1cc(Br)c(F)c(F)c1O. The van der Waals surface area contributed by atoms with Crippen molar-refractivity contribution in [3.05, 3.63) is 27.7 Å². The molecule has 0 fully saturated rings. The van der Waals surface area contributed by atoms with Crippen LogP contribution in [0, 0.1) is 11.6 Å². The molecule has 0 heterocycles. The molecule has 0 atom stereocenters. The highest BCUT2D eigenvalue weighted by molar-refractivity contribution is 9.10. The Kier molecular flexibility index (Phi) is 3.83. The Balaban J connectivity index is 3.06. The van der Waals surface area contributed by atoms with Gasteiger partial charge in [-0.2, -0.15) is 4.39 Å². The van der Waals surface area contributed by atoms with Crippen LogP contribution in [0.1, 0.15) is 5.56 Å². The molecule has 0 aliphatic heterocycles. The Labute approximate surface area is 89.1 Å². The zero-order chi connectivity index (χ0) is 10.7. The van der Waals surface area contributed by atoms with E-state index >= 15 is 0 Å². The summed E-state index contributed by atoms with van der Waals surface area (Å²) in [5, 5.41) is 12.1. The average molecular weight is 266 g/mol. The van der Waals surface area contributed by atoms with Crippen molar-refractivity contribution >= 4 is 15.9 Å². The van der Waals surface area contributed by atoms with Crippen molar-refractivity contribution < 1.29 is 13.9 Å². The molecule has 1 aromatic rings. The van der Waals surface area contributed by atoms with E-state index in [1.807, 2.05) is 0 Å². The largest absolute Gasteiger partial charge is 0.505 e. The van der Waals surface area contributed by atoms with E-state index in [-0.39, 0.29) is 4.47 Å². The van der Waals surface area contributed by atoms with Gasteiger partial charge < -0.3 is 10.4 Å². The zero-order valence-electron chi connectivity index (χ0n) is 7.57. The van der Waals surface area contributed by atoms with Crippen molar-refractivity contribution in [3.8, 4) is 5.75 Å². The van der Waals surface area contributed by atoms with E-state index in [9.17, 15) is 13.9 Å². The van der Waals surface area contributed by atoms with Crippen molar-refractivity contribution in [2.75, 3.05) is 13.6 Å². The van der Waals surface area contributed by atoms with Crippen LogP contribution in [0.3, 0.4) is 0 Å². The van der Waals surface area contributed by atoms with Crippen LogP contribution in [0.2, 0.25) is 0 Å². The minimum atomic E-state index is -1.20. The molecule has 0 amide bonds. The maximum atomic E-state index is 13.0. The van der Waals surface area contributed by atoms with Crippen LogP contribution in [-0.4, -0.2) is 18.7 Å². The number of nitrogens with one attached hydrogen (secondary N) is 1. The first-order valence-corrected chi connectivity index (χ1v) is 4.87. The molecule has 1 rings (SSSR count). The summed E-state index contributed by atoms with van der Waals surface area (Å²) in [5.41, 5.74) is 0.380. The summed E-state index contributed by atoms with van der Waals surface area (Å²) in [6.45, 7) is 0.588. The lowest BCUT2D eigenvalue weighted by molar-refractivity contribution is 0.399. The molecular formula is C9H10BrF2NO. The predicted molar refractivity (Wildman–Crippen MR) is 53.4 cm³/mol. The standard InChI is InChI=1S/C9H10BrF2NO/c1-13-3-2-5-4-6(10)7(11)8(12)9(5)14/h4,13-14H,2-3H2,1H3. The number of hydrogen-bond acceptors (Lipinski definition) is 2. The fraction of sp³-hybridized carbons (Fsp3) is 0.333. The number of benzene rings is 1. The molecule has 0 unspecified atom stereocenters. The van der Waals surface area contributed by atoms with Crippen molar-refractivity contribution in [2.45, 2.75) is 6.42 Å². The van der Waals surface area contributed by atoms with Crippen LogP contribution in [0.5, 0.6) is 5.75 Å². The monoisotopic (exact) mass is 265 g/mol. The van der Waals surface area contributed by atoms with Gasteiger partial charge in [0.1, 0.15) is 0 Å². The molecule has 1 aromatic carbocycles. The van der Waals surface area contributed by atoms with Gasteiger partial charge in [-0.3, -0.25) is 0 Å². The quantitative estimate of drug-likeness (QED) is 0.822.